The fourth-order valence-corrected chi connectivity index (χ4v) is 3.69. The number of aromatic nitrogens is 2. The molecule has 2 heterocycles. The Kier molecular flexibility index (Phi) is 6.07. The highest BCUT2D eigenvalue weighted by molar-refractivity contribution is 5.79. The standard InChI is InChI=1S/C23H24FN3O3/c1-16-7-2-3-8-17(16)13-22(28)27-12-6-9-18(14-27)23-25-21(30-26-23)15-29-20-11-5-4-10-19(20)24/h2-5,7-8,10-11,18H,6,9,12-15H2,1H3. The molecule has 1 aliphatic heterocycles. The van der Waals surface area contributed by atoms with Crippen LogP contribution in [0.5, 0.6) is 5.75 Å². The van der Waals surface area contributed by atoms with Gasteiger partial charge in [-0.15, -0.1) is 0 Å². The minimum atomic E-state index is -0.438. The van der Waals surface area contributed by atoms with Gasteiger partial charge in [-0.1, -0.05) is 41.6 Å². The molecule has 2 aromatic carbocycles. The molecule has 1 atom stereocenters. The molecule has 1 amide bonds. The predicted octanol–water partition coefficient (Wildman–Crippen LogP) is 4.04. The topological polar surface area (TPSA) is 68.5 Å². The van der Waals surface area contributed by atoms with Gasteiger partial charge in [-0.25, -0.2) is 4.39 Å². The van der Waals surface area contributed by atoms with Gasteiger partial charge < -0.3 is 14.2 Å². The highest BCUT2D eigenvalue weighted by Crippen LogP contribution is 2.26. The second-order valence-electron chi connectivity index (χ2n) is 7.55. The van der Waals surface area contributed by atoms with Crippen molar-refractivity contribution in [2.24, 2.45) is 0 Å². The number of piperidine rings is 1. The molecular formula is C23H24FN3O3. The predicted molar refractivity (Wildman–Crippen MR) is 108 cm³/mol. The van der Waals surface area contributed by atoms with Crippen molar-refractivity contribution in [2.45, 2.75) is 38.7 Å². The molecule has 7 heteroatoms. The van der Waals surface area contributed by atoms with Crippen molar-refractivity contribution in [1.29, 1.82) is 0 Å². The maximum absolute atomic E-state index is 13.7. The van der Waals surface area contributed by atoms with Crippen LogP contribution in [0, 0.1) is 12.7 Å². The quantitative estimate of drug-likeness (QED) is 0.615. The van der Waals surface area contributed by atoms with Crippen LogP contribution < -0.4 is 4.74 Å². The van der Waals surface area contributed by atoms with Gasteiger partial charge in [0.25, 0.3) is 5.89 Å². The van der Waals surface area contributed by atoms with E-state index in [4.69, 9.17) is 9.26 Å². The van der Waals surface area contributed by atoms with E-state index in [2.05, 4.69) is 10.1 Å². The van der Waals surface area contributed by atoms with E-state index in [1.807, 2.05) is 36.1 Å². The maximum atomic E-state index is 13.7. The largest absolute Gasteiger partial charge is 0.481 e. The number of para-hydroxylation sites is 1. The summed E-state index contributed by atoms with van der Waals surface area (Å²) in [5.41, 5.74) is 2.17. The lowest BCUT2D eigenvalue weighted by Gasteiger charge is -2.31. The molecule has 0 bridgehead atoms. The summed E-state index contributed by atoms with van der Waals surface area (Å²) in [6.45, 7) is 3.32. The molecule has 30 heavy (non-hydrogen) atoms. The van der Waals surface area contributed by atoms with E-state index in [1.165, 1.54) is 6.07 Å². The third-order valence-electron chi connectivity index (χ3n) is 5.41. The van der Waals surface area contributed by atoms with Crippen molar-refractivity contribution in [3.8, 4) is 5.75 Å². The Morgan fingerprint density at radius 2 is 2.03 bits per heavy atom. The first kappa shape index (κ1) is 20.1. The highest BCUT2D eigenvalue weighted by atomic mass is 19.1. The number of halogens is 1. The van der Waals surface area contributed by atoms with Gasteiger partial charge in [0.15, 0.2) is 24.0 Å². The lowest BCUT2D eigenvalue weighted by atomic mass is 9.96. The van der Waals surface area contributed by atoms with Gasteiger partial charge in [0.2, 0.25) is 5.91 Å². The number of amides is 1. The Balaban J connectivity index is 1.36. The average Bonchev–Trinajstić information content (AvgIpc) is 3.24. The average molecular weight is 409 g/mol. The summed E-state index contributed by atoms with van der Waals surface area (Å²) in [5, 5.41) is 4.07. The van der Waals surface area contributed by atoms with E-state index >= 15 is 0 Å². The van der Waals surface area contributed by atoms with Gasteiger partial charge in [0.1, 0.15) is 0 Å². The van der Waals surface area contributed by atoms with Crippen molar-refractivity contribution in [2.75, 3.05) is 13.1 Å². The number of carbonyl (C=O) groups is 1. The van der Waals surface area contributed by atoms with Crippen LogP contribution in [0.1, 0.15) is 41.6 Å². The summed E-state index contributed by atoms with van der Waals surface area (Å²) in [6, 6.07) is 14.1. The molecule has 6 nitrogen and oxygen atoms in total. The number of aryl methyl sites for hydroxylation is 1. The lowest BCUT2D eigenvalue weighted by molar-refractivity contribution is -0.131. The van der Waals surface area contributed by atoms with Gasteiger partial charge in [0, 0.05) is 19.0 Å². The smallest absolute Gasteiger partial charge is 0.264 e. The van der Waals surface area contributed by atoms with E-state index in [1.54, 1.807) is 18.2 Å². The monoisotopic (exact) mass is 409 g/mol. The number of ether oxygens (including phenoxy) is 1. The molecule has 0 spiro atoms. The number of hydrogen-bond donors (Lipinski definition) is 0. The summed E-state index contributed by atoms with van der Waals surface area (Å²) in [4.78, 5) is 19.1. The minimum Gasteiger partial charge on any atom is -0.481 e. The summed E-state index contributed by atoms with van der Waals surface area (Å²) in [7, 11) is 0. The van der Waals surface area contributed by atoms with E-state index in [9.17, 15) is 9.18 Å². The van der Waals surface area contributed by atoms with Crippen LogP contribution >= 0.6 is 0 Å². The van der Waals surface area contributed by atoms with Gasteiger partial charge in [-0.05, 0) is 43.0 Å². The number of benzene rings is 2. The first-order valence-electron chi connectivity index (χ1n) is 10.1. The van der Waals surface area contributed by atoms with Gasteiger partial charge >= 0.3 is 0 Å². The maximum Gasteiger partial charge on any atom is 0.264 e. The van der Waals surface area contributed by atoms with Crippen molar-refractivity contribution in [3.63, 3.8) is 0 Å². The molecule has 0 aliphatic carbocycles. The van der Waals surface area contributed by atoms with Crippen LogP contribution in [-0.2, 0) is 17.8 Å². The Bertz CT molecular complexity index is 1020. The van der Waals surface area contributed by atoms with Crippen LogP contribution in [0.15, 0.2) is 53.1 Å². The van der Waals surface area contributed by atoms with Gasteiger partial charge in [-0.3, -0.25) is 4.79 Å². The first-order chi connectivity index (χ1) is 14.6. The summed E-state index contributed by atoms with van der Waals surface area (Å²) < 4.78 is 24.4. The van der Waals surface area contributed by atoms with Crippen LogP contribution in [0.3, 0.4) is 0 Å². The minimum absolute atomic E-state index is 0.00339. The summed E-state index contributed by atoms with van der Waals surface area (Å²) >= 11 is 0. The van der Waals surface area contributed by atoms with Gasteiger partial charge in [0.05, 0.1) is 6.42 Å². The Labute approximate surface area is 174 Å². The molecule has 1 fully saturated rings. The summed E-state index contributed by atoms with van der Waals surface area (Å²) in [6.07, 6.45) is 2.18. The van der Waals surface area contributed by atoms with Crippen molar-refractivity contribution >= 4 is 5.91 Å². The van der Waals surface area contributed by atoms with Crippen LogP contribution in [0.2, 0.25) is 0 Å². The zero-order valence-electron chi connectivity index (χ0n) is 16.9. The third kappa shape index (κ3) is 4.67. The lowest BCUT2D eigenvalue weighted by Crippen LogP contribution is -2.40. The first-order valence-corrected chi connectivity index (χ1v) is 10.1. The van der Waals surface area contributed by atoms with Crippen molar-refractivity contribution in [1.82, 2.24) is 15.0 Å². The third-order valence-corrected chi connectivity index (χ3v) is 5.41. The number of hydrogen-bond acceptors (Lipinski definition) is 5. The Morgan fingerprint density at radius 3 is 2.87 bits per heavy atom. The number of likely N-dealkylation sites (tertiary alicyclic amines) is 1. The number of rotatable bonds is 6. The summed E-state index contributed by atoms with van der Waals surface area (Å²) in [5.74, 6) is 0.688. The molecule has 1 saturated heterocycles. The normalized spacial score (nSPS) is 16.5. The fourth-order valence-electron chi connectivity index (χ4n) is 3.69. The highest BCUT2D eigenvalue weighted by Gasteiger charge is 2.28. The Morgan fingerprint density at radius 1 is 1.23 bits per heavy atom. The molecular weight excluding hydrogens is 385 g/mol. The van der Waals surface area contributed by atoms with E-state index in [0.717, 1.165) is 30.5 Å². The molecule has 1 unspecified atom stereocenters. The van der Waals surface area contributed by atoms with Crippen LogP contribution in [0.4, 0.5) is 4.39 Å². The number of carbonyl (C=O) groups excluding carboxylic acids is 1. The van der Waals surface area contributed by atoms with E-state index < -0.39 is 5.82 Å². The van der Waals surface area contributed by atoms with Crippen molar-refractivity contribution in [3.05, 3.63) is 77.2 Å². The van der Waals surface area contributed by atoms with E-state index in [0.29, 0.717) is 18.8 Å². The Hall–Kier alpha value is -3.22. The fraction of sp³-hybridized carbons (Fsp3) is 0.348. The molecule has 0 radical (unpaired) electrons. The molecule has 1 aromatic heterocycles. The number of nitrogens with zero attached hydrogens (tertiary/aromatic N) is 3. The zero-order chi connectivity index (χ0) is 20.9. The molecule has 0 saturated carbocycles. The molecule has 1 aliphatic rings. The SMILES string of the molecule is Cc1ccccc1CC(=O)N1CCCC(c2noc(COc3ccccc3F)n2)C1. The second-order valence-corrected chi connectivity index (χ2v) is 7.55. The van der Waals surface area contributed by atoms with Crippen LogP contribution in [0.25, 0.3) is 0 Å². The van der Waals surface area contributed by atoms with Gasteiger partial charge in [-0.2, -0.15) is 4.98 Å². The molecule has 3 aromatic rings. The molecule has 156 valence electrons. The van der Waals surface area contributed by atoms with Crippen LogP contribution in [-0.4, -0.2) is 34.0 Å². The molecule has 4 rings (SSSR count). The second kappa shape index (κ2) is 9.07. The van der Waals surface area contributed by atoms with Crippen molar-refractivity contribution < 1.29 is 18.4 Å². The molecule has 0 N–H and O–H groups in total. The van der Waals surface area contributed by atoms with E-state index in [-0.39, 0.29) is 30.1 Å². The zero-order valence-corrected chi connectivity index (χ0v) is 16.9.